The topological polar surface area (TPSA) is 67.0 Å². The summed E-state index contributed by atoms with van der Waals surface area (Å²) in [5, 5.41) is 6.41. The van der Waals surface area contributed by atoms with Crippen LogP contribution in [0.15, 0.2) is 60.9 Å². The standard InChI is InChI=1S/C24H23ClN3O2P/c1-15-10-16(2)12-19(11-15)31(30-3)23-20-13-18(25)4-5-21(20)28-22(23)24(29)27-14-17-6-8-26-9-7-17/h4-13,28H,14H2,1-3H3,(H,27,29). The number of carbonyl (C=O) groups is 1. The number of benzene rings is 2. The van der Waals surface area contributed by atoms with Crippen LogP contribution in [0.4, 0.5) is 0 Å². The molecule has 0 aliphatic carbocycles. The third-order valence-corrected chi connectivity index (χ3v) is 7.19. The van der Waals surface area contributed by atoms with E-state index >= 15 is 0 Å². The number of pyridine rings is 1. The first-order valence-electron chi connectivity index (χ1n) is 9.87. The molecule has 0 spiro atoms. The van der Waals surface area contributed by atoms with E-state index in [1.54, 1.807) is 19.5 Å². The van der Waals surface area contributed by atoms with Crippen LogP contribution in [0.3, 0.4) is 0 Å². The maximum absolute atomic E-state index is 13.2. The predicted octanol–water partition coefficient (Wildman–Crippen LogP) is 4.76. The monoisotopic (exact) mass is 451 g/mol. The van der Waals surface area contributed by atoms with E-state index in [4.69, 9.17) is 16.1 Å². The SMILES string of the molecule is COP(c1cc(C)cc(C)c1)c1c(C(=O)NCc2ccncc2)[nH]c2ccc(Cl)cc12. The second-order valence-corrected chi connectivity index (χ2v) is 9.75. The lowest BCUT2D eigenvalue weighted by Gasteiger charge is -2.18. The molecule has 2 aromatic carbocycles. The zero-order valence-corrected chi connectivity index (χ0v) is 19.2. The van der Waals surface area contributed by atoms with Gasteiger partial charge in [-0.05, 0) is 61.9 Å². The number of nitrogens with one attached hydrogen (secondary N) is 2. The van der Waals surface area contributed by atoms with Gasteiger partial charge in [0, 0.05) is 52.6 Å². The summed E-state index contributed by atoms with van der Waals surface area (Å²) < 4.78 is 6.01. The molecule has 31 heavy (non-hydrogen) atoms. The van der Waals surface area contributed by atoms with Gasteiger partial charge in [0.25, 0.3) is 5.91 Å². The minimum Gasteiger partial charge on any atom is -0.353 e. The Kier molecular flexibility index (Phi) is 6.38. The van der Waals surface area contributed by atoms with Gasteiger partial charge < -0.3 is 14.8 Å². The summed E-state index contributed by atoms with van der Waals surface area (Å²) >= 11 is 6.31. The van der Waals surface area contributed by atoms with Crippen molar-refractivity contribution in [2.75, 3.05) is 7.11 Å². The number of fused-ring (bicyclic) bond motifs is 1. The van der Waals surface area contributed by atoms with Crippen molar-refractivity contribution in [1.82, 2.24) is 15.3 Å². The highest BCUT2D eigenvalue weighted by molar-refractivity contribution is 7.69. The van der Waals surface area contributed by atoms with Crippen molar-refractivity contribution in [3.63, 3.8) is 0 Å². The predicted molar refractivity (Wildman–Crippen MR) is 128 cm³/mol. The van der Waals surface area contributed by atoms with E-state index in [1.807, 2.05) is 30.3 Å². The molecule has 2 heterocycles. The number of aromatic nitrogens is 2. The zero-order chi connectivity index (χ0) is 22.0. The normalized spacial score (nSPS) is 12.1. The highest BCUT2D eigenvalue weighted by Crippen LogP contribution is 2.39. The molecular formula is C24H23ClN3O2P. The van der Waals surface area contributed by atoms with Gasteiger partial charge in [0.2, 0.25) is 0 Å². The summed E-state index contributed by atoms with van der Waals surface area (Å²) in [7, 11) is 0.451. The molecule has 4 aromatic rings. The number of H-pyrrole nitrogens is 1. The van der Waals surface area contributed by atoms with E-state index in [0.29, 0.717) is 17.3 Å². The van der Waals surface area contributed by atoms with Crippen LogP contribution in [0.1, 0.15) is 27.2 Å². The highest BCUT2D eigenvalue weighted by Gasteiger charge is 2.27. The molecule has 5 nitrogen and oxygen atoms in total. The van der Waals surface area contributed by atoms with E-state index in [1.165, 1.54) is 0 Å². The van der Waals surface area contributed by atoms with Gasteiger partial charge in [-0.3, -0.25) is 9.78 Å². The molecule has 0 saturated heterocycles. The molecule has 1 atom stereocenters. The lowest BCUT2D eigenvalue weighted by Crippen LogP contribution is -2.29. The lowest BCUT2D eigenvalue weighted by atomic mass is 10.2. The highest BCUT2D eigenvalue weighted by atomic mass is 35.5. The Balaban J connectivity index is 1.80. The first-order valence-corrected chi connectivity index (χ1v) is 11.5. The number of aromatic amines is 1. The number of amides is 1. The molecule has 158 valence electrons. The molecule has 0 fully saturated rings. The minimum atomic E-state index is -1.24. The van der Waals surface area contributed by atoms with Gasteiger partial charge in [0.05, 0.1) is 8.15 Å². The first kappa shape index (κ1) is 21.5. The van der Waals surface area contributed by atoms with Crippen LogP contribution in [-0.2, 0) is 11.1 Å². The fourth-order valence-electron chi connectivity index (χ4n) is 3.69. The number of halogens is 1. The maximum Gasteiger partial charge on any atom is 0.268 e. The number of hydrogen-bond donors (Lipinski definition) is 2. The van der Waals surface area contributed by atoms with Crippen molar-refractivity contribution in [3.8, 4) is 0 Å². The molecule has 0 bridgehead atoms. The molecule has 4 rings (SSSR count). The third-order valence-electron chi connectivity index (χ3n) is 4.99. The summed E-state index contributed by atoms with van der Waals surface area (Å²) in [6, 6.07) is 15.7. The molecule has 2 aromatic heterocycles. The summed E-state index contributed by atoms with van der Waals surface area (Å²) in [6.45, 7) is 4.54. The third kappa shape index (κ3) is 4.64. The lowest BCUT2D eigenvalue weighted by molar-refractivity contribution is 0.0948. The Morgan fingerprint density at radius 2 is 1.81 bits per heavy atom. The molecule has 1 amide bonds. The fourth-order valence-corrected chi connectivity index (χ4v) is 5.92. The van der Waals surface area contributed by atoms with Gasteiger partial charge in [0.1, 0.15) is 5.69 Å². The Morgan fingerprint density at radius 3 is 2.48 bits per heavy atom. The van der Waals surface area contributed by atoms with Crippen molar-refractivity contribution >= 4 is 47.2 Å². The molecule has 2 N–H and O–H groups in total. The van der Waals surface area contributed by atoms with E-state index in [0.717, 1.165) is 38.2 Å². The van der Waals surface area contributed by atoms with Crippen molar-refractivity contribution in [1.29, 1.82) is 0 Å². The quantitative estimate of drug-likeness (QED) is 0.415. The molecular weight excluding hydrogens is 429 g/mol. The number of hydrogen-bond acceptors (Lipinski definition) is 3. The largest absolute Gasteiger partial charge is 0.353 e. The second kappa shape index (κ2) is 9.19. The van der Waals surface area contributed by atoms with Crippen LogP contribution < -0.4 is 15.9 Å². The van der Waals surface area contributed by atoms with Gasteiger partial charge in [-0.15, -0.1) is 0 Å². The first-order chi connectivity index (χ1) is 15.0. The van der Waals surface area contributed by atoms with E-state index in [-0.39, 0.29) is 5.91 Å². The Morgan fingerprint density at radius 1 is 1.10 bits per heavy atom. The second-order valence-electron chi connectivity index (χ2n) is 7.40. The van der Waals surface area contributed by atoms with Crippen molar-refractivity contribution < 1.29 is 9.32 Å². The number of nitrogens with zero attached hydrogens (tertiary/aromatic N) is 1. The number of aryl methyl sites for hydroxylation is 2. The van der Waals surface area contributed by atoms with Crippen molar-refractivity contribution in [3.05, 3.63) is 88.3 Å². The zero-order valence-electron chi connectivity index (χ0n) is 17.6. The van der Waals surface area contributed by atoms with Crippen LogP contribution in [0.2, 0.25) is 5.02 Å². The molecule has 0 aliphatic heterocycles. The average molecular weight is 452 g/mol. The van der Waals surface area contributed by atoms with Crippen LogP contribution >= 0.6 is 19.7 Å². The van der Waals surface area contributed by atoms with Gasteiger partial charge in [-0.25, -0.2) is 0 Å². The Hall–Kier alpha value is -2.72. The number of rotatable bonds is 6. The smallest absolute Gasteiger partial charge is 0.268 e. The average Bonchev–Trinajstić information content (AvgIpc) is 3.11. The van der Waals surface area contributed by atoms with E-state index in [9.17, 15) is 4.79 Å². The van der Waals surface area contributed by atoms with Crippen molar-refractivity contribution in [2.45, 2.75) is 20.4 Å². The van der Waals surface area contributed by atoms with Crippen LogP contribution in [0, 0.1) is 13.8 Å². The molecule has 0 radical (unpaired) electrons. The summed E-state index contributed by atoms with van der Waals surface area (Å²) in [5.41, 5.74) is 4.63. The van der Waals surface area contributed by atoms with Gasteiger partial charge in [-0.1, -0.05) is 28.8 Å². The molecule has 0 saturated carbocycles. The van der Waals surface area contributed by atoms with E-state index in [2.05, 4.69) is 47.3 Å². The van der Waals surface area contributed by atoms with Crippen LogP contribution in [-0.4, -0.2) is 23.0 Å². The summed E-state index contributed by atoms with van der Waals surface area (Å²) in [5.74, 6) is -0.187. The van der Waals surface area contributed by atoms with Gasteiger partial charge in [-0.2, -0.15) is 0 Å². The van der Waals surface area contributed by atoms with Gasteiger partial charge in [0.15, 0.2) is 0 Å². The Labute approximate surface area is 187 Å². The molecule has 1 unspecified atom stereocenters. The van der Waals surface area contributed by atoms with Crippen LogP contribution in [0.5, 0.6) is 0 Å². The van der Waals surface area contributed by atoms with E-state index < -0.39 is 8.15 Å². The number of carbonyl (C=O) groups excluding carboxylic acids is 1. The van der Waals surface area contributed by atoms with Gasteiger partial charge >= 0.3 is 0 Å². The summed E-state index contributed by atoms with van der Waals surface area (Å²) in [4.78, 5) is 20.6. The Bertz CT molecular complexity index is 1220. The minimum absolute atomic E-state index is 0.187. The van der Waals surface area contributed by atoms with Crippen molar-refractivity contribution in [2.24, 2.45) is 0 Å². The summed E-state index contributed by atoms with van der Waals surface area (Å²) in [6.07, 6.45) is 3.42. The molecule has 7 heteroatoms. The maximum atomic E-state index is 13.2. The van der Waals surface area contributed by atoms with Crippen LogP contribution in [0.25, 0.3) is 10.9 Å². The fraction of sp³-hybridized carbons (Fsp3) is 0.167. The molecule has 0 aliphatic rings.